The Morgan fingerprint density at radius 3 is 2.67 bits per heavy atom. The first-order valence-corrected chi connectivity index (χ1v) is 7.53. The second-order valence-corrected chi connectivity index (χ2v) is 6.37. The summed E-state index contributed by atoms with van der Waals surface area (Å²) in [6.07, 6.45) is 2.69. The summed E-state index contributed by atoms with van der Waals surface area (Å²) in [5.74, 6) is 0.729. The van der Waals surface area contributed by atoms with Gasteiger partial charge < -0.3 is 20.0 Å². The van der Waals surface area contributed by atoms with Crippen LogP contribution in [0.4, 0.5) is 6.01 Å². The average Bonchev–Trinajstić information content (AvgIpc) is 3.07. The predicted octanol–water partition coefficient (Wildman–Crippen LogP) is 1.38. The van der Waals surface area contributed by atoms with Gasteiger partial charge in [0.15, 0.2) is 0 Å². The molecule has 1 amide bonds. The van der Waals surface area contributed by atoms with E-state index in [1.165, 1.54) is 0 Å². The monoisotopic (exact) mass is 295 g/mol. The van der Waals surface area contributed by atoms with Crippen LogP contribution in [0.1, 0.15) is 45.9 Å². The van der Waals surface area contributed by atoms with Crippen LogP contribution in [0.15, 0.2) is 4.42 Å². The molecule has 2 heterocycles. The van der Waals surface area contributed by atoms with Gasteiger partial charge in [0, 0.05) is 31.6 Å². The molecule has 1 aromatic rings. The summed E-state index contributed by atoms with van der Waals surface area (Å²) in [5.41, 5.74) is 0.00418. The molecule has 0 unspecified atom stereocenters. The fourth-order valence-corrected chi connectivity index (χ4v) is 2.14. The Morgan fingerprint density at radius 1 is 1.29 bits per heavy atom. The first kappa shape index (κ1) is 15.8. The maximum Gasteiger partial charge on any atom is 0.315 e. The van der Waals surface area contributed by atoms with E-state index < -0.39 is 0 Å². The Morgan fingerprint density at radius 2 is 2.00 bits per heavy atom. The summed E-state index contributed by atoms with van der Waals surface area (Å²) < 4.78 is 5.47. The second kappa shape index (κ2) is 6.89. The molecule has 0 saturated carbocycles. The van der Waals surface area contributed by atoms with Gasteiger partial charge in [-0.05, 0) is 33.6 Å². The molecule has 2 N–H and O–H groups in total. The summed E-state index contributed by atoms with van der Waals surface area (Å²) >= 11 is 0. The molecule has 0 radical (unpaired) electrons. The van der Waals surface area contributed by atoms with E-state index in [1.807, 2.05) is 4.90 Å². The van der Waals surface area contributed by atoms with Gasteiger partial charge in [-0.25, -0.2) is 0 Å². The molecule has 2 rings (SSSR count). The van der Waals surface area contributed by atoms with E-state index in [2.05, 4.69) is 41.6 Å². The van der Waals surface area contributed by atoms with Gasteiger partial charge in [-0.15, -0.1) is 5.10 Å². The minimum Gasteiger partial charge on any atom is -0.407 e. The lowest BCUT2D eigenvalue weighted by atomic mass is 10.1. The Bertz CT molecular complexity index is 460. The van der Waals surface area contributed by atoms with Crippen LogP contribution in [0, 0.1) is 0 Å². The van der Waals surface area contributed by atoms with Gasteiger partial charge in [0.05, 0.1) is 6.54 Å². The highest BCUT2D eigenvalue weighted by Crippen LogP contribution is 2.10. The lowest BCUT2D eigenvalue weighted by Gasteiger charge is -2.18. The van der Waals surface area contributed by atoms with Crippen LogP contribution in [-0.4, -0.2) is 46.2 Å². The molecule has 1 saturated heterocycles. The van der Waals surface area contributed by atoms with Crippen LogP contribution in [0.5, 0.6) is 0 Å². The number of aromatic nitrogens is 2. The highest BCUT2D eigenvalue weighted by Gasteiger charge is 2.17. The fraction of sp³-hybridized carbons (Fsp3) is 0.786. The van der Waals surface area contributed by atoms with E-state index in [4.69, 9.17) is 4.42 Å². The van der Waals surface area contributed by atoms with Crippen molar-refractivity contribution in [3.63, 3.8) is 0 Å². The lowest BCUT2D eigenvalue weighted by Crippen LogP contribution is -2.35. The van der Waals surface area contributed by atoms with E-state index in [9.17, 15) is 4.79 Å². The van der Waals surface area contributed by atoms with Crippen molar-refractivity contribution in [3.8, 4) is 0 Å². The van der Waals surface area contributed by atoms with Crippen LogP contribution in [-0.2, 0) is 11.3 Å². The van der Waals surface area contributed by atoms with Gasteiger partial charge in [0.25, 0.3) is 0 Å². The van der Waals surface area contributed by atoms with Gasteiger partial charge >= 0.3 is 6.01 Å². The standard InChI is InChI=1S/C14H25N5O2/c1-14(2,3)16-10-11-17-18-13(21-11)15-7-6-12(20)19-8-4-5-9-19/h16H,4-10H2,1-3H3,(H,15,18). The summed E-state index contributed by atoms with van der Waals surface area (Å²) in [7, 11) is 0. The number of nitrogens with zero attached hydrogens (tertiary/aromatic N) is 3. The normalized spacial score (nSPS) is 15.5. The predicted molar refractivity (Wildman–Crippen MR) is 79.8 cm³/mol. The van der Waals surface area contributed by atoms with E-state index in [0.717, 1.165) is 25.9 Å². The number of hydrogen-bond donors (Lipinski definition) is 2. The van der Waals surface area contributed by atoms with Crippen molar-refractivity contribution in [1.82, 2.24) is 20.4 Å². The topological polar surface area (TPSA) is 83.3 Å². The Kier molecular flexibility index (Phi) is 5.17. The van der Waals surface area contributed by atoms with Crippen molar-refractivity contribution in [2.45, 2.75) is 52.1 Å². The van der Waals surface area contributed by atoms with Crippen LogP contribution in [0.25, 0.3) is 0 Å². The SMILES string of the molecule is CC(C)(C)NCc1nnc(NCCC(=O)N2CCCC2)o1. The zero-order chi connectivity index (χ0) is 15.3. The largest absolute Gasteiger partial charge is 0.407 e. The third-order valence-electron chi connectivity index (χ3n) is 3.31. The first-order chi connectivity index (χ1) is 9.94. The maximum atomic E-state index is 11.9. The number of nitrogens with one attached hydrogen (secondary N) is 2. The summed E-state index contributed by atoms with van der Waals surface area (Å²) in [6, 6.07) is 0.370. The van der Waals surface area contributed by atoms with Crippen LogP contribution >= 0.6 is 0 Å². The summed E-state index contributed by atoms with van der Waals surface area (Å²) in [5, 5.41) is 14.2. The Labute approximate surface area is 125 Å². The van der Waals surface area contributed by atoms with Crippen LogP contribution < -0.4 is 10.6 Å². The third kappa shape index (κ3) is 5.34. The van der Waals surface area contributed by atoms with E-state index >= 15 is 0 Å². The molecule has 1 aliphatic heterocycles. The lowest BCUT2D eigenvalue weighted by molar-refractivity contribution is -0.129. The van der Waals surface area contributed by atoms with Gasteiger partial charge in [0.1, 0.15) is 0 Å². The molecular weight excluding hydrogens is 270 g/mol. The van der Waals surface area contributed by atoms with Crippen LogP contribution in [0.2, 0.25) is 0 Å². The van der Waals surface area contributed by atoms with Crippen molar-refractivity contribution >= 4 is 11.9 Å². The number of amides is 1. The van der Waals surface area contributed by atoms with Crippen molar-refractivity contribution in [3.05, 3.63) is 5.89 Å². The summed E-state index contributed by atoms with van der Waals surface area (Å²) in [4.78, 5) is 13.8. The highest BCUT2D eigenvalue weighted by molar-refractivity contribution is 5.76. The molecule has 0 bridgehead atoms. The molecule has 0 spiro atoms. The molecule has 1 aliphatic rings. The molecule has 118 valence electrons. The molecule has 1 fully saturated rings. The first-order valence-electron chi connectivity index (χ1n) is 7.53. The fourth-order valence-electron chi connectivity index (χ4n) is 2.14. The molecule has 0 atom stereocenters. The quantitative estimate of drug-likeness (QED) is 0.825. The van der Waals surface area contributed by atoms with Gasteiger partial charge in [-0.3, -0.25) is 4.79 Å². The molecular formula is C14H25N5O2. The number of rotatable bonds is 6. The van der Waals surface area contributed by atoms with E-state index in [0.29, 0.717) is 31.4 Å². The molecule has 0 aromatic carbocycles. The van der Waals surface area contributed by atoms with Crippen molar-refractivity contribution in [1.29, 1.82) is 0 Å². The zero-order valence-electron chi connectivity index (χ0n) is 13.1. The zero-order valence-corrected chi connectivity index (χ0v) is 13.1. The third-order valence-corrected chi connectivity index (χ3v) is 3.31. The molecule has 21 heavy (non-hydrogen) atoms. The Balaban J connectivity index is 1.69. The van der Waals surface area contributed by atoms with Gasteiger partial charge in [0.2, 0.25) is 11.8 Å². The smallest absolute Gasteiger partial charge is 0.315 e. The minimum absolute atomic E-state index is 0.00418. The summed E-state index contributed by atoms with van der Waals surface area (Å²) in [6.45, 7) is 9.06. The average molecular weight is 295 g/mol. The van der Waals surface area contributed by atoms with E-state index in [1.54, 1.807) is 0 Å². The number of hydrogen-bond acceptors (Lipinski definition) is 6. The number of likely N-dealkylation sites (tertiary alicyclic amines) is 1. The second-order valence-electron chi connectivity index (χ2n) is 6.37. The van der Waals surface area contributed by atoms with Crippen molar-refractivity contribution in [2.75, 3.05) is 25.0 Å². The van der Waals surface area contributed by atoms with Gasteiger partial charge in [-0.2, -0.15) is 0 Å². The molecule has 1 aromatic heterocycles. The van der Waals surface area contributed by atoms with Crippen LogP contribution in [0.3, 0.4) is 0 Å². The molecule has 7 nitrogen and oxygen atoms in total. The molecule has 0 aliphatic carbocycles. The van der Waals surface area contributed by atoms with Gasteiger partial charge in [-0.1, -0.05) is 5.10 Å². The number of anilines is 1. The molecule has 7 heteroatoms. The van der Waals surface area contributed by atoms with Crippen molar-refractivity contribution < 1.29 is 9.21 Å². The number of carbonyl (C=O) groups is 1. The highest BCUT2D eigenvalue weighted by atomic mass is 16.4. The van der Waals surface area contributed by atoms with Crippen molar-refractivity contribution in [2.24, 2.45) is 0 Å². The number of carbonyl (C=O) groups excluding carboxylic acids is 1. The van der Waals surface area contributed by atoms with E-state index in [-0.39, 0.29) is 11.4 Å². The minimum atomic E-state index is 0.00418. The Hall–Kier alpha value is -1.63. The maximum absolute atomic E-state index is 11.9.